The molecule has 3 aromatic rings. The monoisotopic (exact) mass is 339 g/mol. The van der Waals surface area contributed by atoms with Gasteiger partial charge in [0.25, 0.3) is 11.6 Å². The van der Waals surface area contributed by atoms with Gasteiger partial charge in [0, 0.05) is 31.7 Å². The summed E-state index contributed by atoms with van der Waals surface area (Å²) < 4.78 is 7.34. The largest absolute Gasteiger partial charge is 0.337 e. The number of carbonyl (C=O) groups is 1. The van der Waals surface area contributed by atoms with E-state index in [2.05, 4.69) is 26.6 Å². The SMILES string of the molecule is CCCc1noc2ncc(C(=O)N3CCC[C@H](n4ccnc4)C3)cc12. The number of nitrogens with zero attached hydrogens (tertiary/aromatic N) is 5. The van der Waals surface area contributed by atoms with Gasteiger partial charge in [-0.15, -0.1) is 0 Å². The van der Waals surface area contributed by atoms with Crippen molar-refractivity contribution in [3.8, 4) is 0 Å². The minimum atomic E-state index is 0.0165. The summed E-state index contributed by atoms with van der Waals surface area (Å²) >= 11 is 0. The Kier molecular flexibility index (Phi) is 4.21. The highest BCUT2D eigenvalue weighted by molar-refractivity contribution is 5.97. The first kappa shape index (κ1) is 15.8. The predicted octanol–water partition coefficient (Wildman–Crippen LogP) is 2.85. The predicted molar refractivity (Wildman–Crippen MR) is 92.2 cm³/mol. The van der Waals surface area contributed by atoms with E-state index in [4.69, 9.17) is 4.52 Å². The van der Waals surface area contributed by atoms with Gasteiger partial charge in [0.05, 0.1) is 29.0 Å². The number of imidazole rings is 1. The number of pyridine rings is 1. The van der Waals surface area contributed by atoms with Crippen LogP contribution in [0, 0.1) is 0 Å². The normalized spacial score (nSPS) is 18.0. The molecule has 1 saturated heterocycles. The van der Waals surface area contributed by atoms with Gasteiger partial charge >= 0.3 is 0 Å². The van der Waals surface area contributed by atoms with Gasteiger partial charge in [-0.2, -0.15) is 0 Å². The molecular formula is C18H21N5O2. The highest BCUT2D eigenvalue weighted by Crippen LogP contribution is 2.24. The standard InChI is InChI=1S/C18H21N5O2/c1-2-4-16-15-9-13(10-20-17(15)25-21-16)18(24)22-7-3-5-14(11-22)23-8-6-19-12-23/h6,8-10,12,14H,2-5,7,11H2,1H3/t14-/m0/s1. The van der Waals surface area contributed by atoms with Crippen molar-refractivity contribution in [2.24, 2.45) is 0 Å². The highest BCUT2D eigenvalue weighted by Gasteiger charge is 2.26. The molecular weight excluding hydrogens is 318 g/mol. The fourth-order valence-corrected chi connectivity index (χ4v) is 3.46. The molecule has 25 heavy (non-hydrogen) atoms. The lowest BCUT2D eigenvalue weighted by Crippen LogP contribution is -2.40. The molecule has 0 aliphatic carbocycles. The maximum Gasteiger partial charge on any atom is 0.257 e. The molecule has 1 amide bonds. The molecule has 1 aliphatic rings. The quantitative estimate of drug-likeness (QED) is 0.730. The van der Waals surface area contributed by atoms with Crippen LogP contribution in [0.5, 0.6) is 0 Å². The van der Waals surface area contributed by atoms with E-state index in [1.807, 2.05) is 23.5 Å². The summed E-state index contributed by atoms with van der Waals surface area (Å²) in [5.74, 6) is 0.0165. The van der Waals surface area contributed by atoms with Crippen molar-refractivity contribution >= 4 is 17.0 Å². The second kappa shape index (κ2) is 6.66. The van der Waals surface area contributed by atoms with Gasteiger partial charge < -0.3 is 14.0 Å². The van der Waals surface area contributed by atoms with Crippen LogP contribution < -0.4 is 0 Å². The lowest BCUT2D eigenvalue weighted by atomic mass is 10.0. The second-order valence-electron chi connectivity index (χ2n) is 6.51. The first-order chi connectivity index (χ1) is 12.3. The molecule has 7 heteroatoms. The van der Waals surface area contributed by atoms with Crippen molar-refractivity contribution in [2.75, 3.05) is 13.1 Å². The molecule has 0 radical (unpaired) electrons. The minimum absolute atomic E-state index is 0.0165. The third-order valence-corrected chi connectivity index (χ3v) is 4.77. The third kappa shape index (κ3) is 3.01. The van der Waals surface area contributed by atoms with Crippen molar-refractivity contribution in [3.63, 3.8) is 0 Å². The molecule has 3 aromatic heterocycles. The van der Waals surface area contributed by atoms with E-state index in [1.54, 1.807) is 12.4 Å². The van der Waals surface area contributed by atoms with Gasteiger partial charge in [0.1, 0.15) is 0 Å². The molecule has 4 heterocycles. The van der Waals surface area contributed by atoms with Crippen LogP contribution in [0.3, 0.4) is 0 Å². The molecule has 130 valence electrons. The number of aromatic nitrogens is 4. The van der Waals surface area contributed by atoms with E-state index in [9.17, 15) is 4.79 Å². The molecule has 0 saturated carbocycles. The van der Waals surface area contributed by atoms with E-state index >= 15 is 0 Å². The molecule has 1 atom stereocenters. The van der Waals surface area contributed by atoms with Crippen LogP contribution in [-0.4, -0.2) is 43.6 Å². The Morgan fingerprint density at radius 1 is 1.44 bits per heavy atom. The number of hydrogen-bond donors (Lipinski definition) is 0. The van der Waals surface area contributed by atoms with Crippen LogP contribution in [0.1, 0.15) is 48.3 Å². The summed E-state index contributed by atoms with van der Waals surface area (Å²) in [4.78, 5) is 23.3. The van der Waals surface area contributed by atoms with Crippen LogP contribution in [-0.2, 0) is 6.42 Å². The van der Waals surface area contributed by atoms with Crippen molar-refractivity contribution in [3.05, 3.63) is 42.2 Å². The summed E-state index contributed by atoms with van der Waals surface area (Å²) in [5, 5.41) is 4.91. The van der Waals surface area contributed by atoms with Crippen LogP contribution in [0.15, 0.2) is 35.5 Å². The van der Waals surface area contributed by atoms with Gasteiger partial charge in [-0.1, -0.05) is 18.5 Å². The number of rotatable bonds is 4. The van der Waals surface area contributed by atoms with Gasteiger partial charge in [0.2, 0.25) is 0 Å². The zero-order valence-electron chi connectivity index (χ0n) is 14.3. The summed E-state index contributed by atoms with van der Waals surface area (Å²) in [6, 6.07) is 2.15. The zero-order chi connectivity index (χ0) is 17.2. The fourth-order valence-electron chi connectivity index (χ4n) is 3.46. The maximum absolute atomic E-state index is 13.0. The average molecular weight is 339 g/mol. The smallest absolute Gasteiger partial charge is 0.257 e. The van der Waals surface area contributed by atoms with Crippen molar-refractivity contribution in [1.82, 2.24) is 24.6 Å². The van der Waals surface area contributed by atoms with E-state index in [0.29, 0.717) is 17.8 Å². The van der Waals surface area contributed by atoms with Crippen LogP contribution in [0.2, 0.25) is 0 Å². The molecule has 0 spiro atoms. The summed E-state index contributed by atoms with van der Waals surface area (Å²) in [7, 11) is 0. The Balaban J connectivity index is 1.57. The molecule has 0 N–H and O–H groups in total. The number of aryl methyl sites for hydroxylation is 1. The third-order valence-electron chi connectivity index (χ3n) is 4.77. The first-order valence-corrected chi connectivity index (χ1v) is 8.77. The van der Waals surface area contributed by atoms with Gasteiger partial charge in [-0.25, -0.2) is 9.97 Å². The average Bonchev–Trinajstić information content (AvgIpc) is 3.32. The number of piperidine rings is 1. The Morgan fingerprint density at radius 2 is 2.36 bits per heavy atom. The van der Waals surface area contributed by atoms with Crippen molar-refractivity contribution < 1.29 is 9.32 Å². The Morgan fingerprint density at radius 3 is 3.16 bits per heavy atom. The second-order valence-corrected chi connectivity index (χ2v) is 6.51. The zero-order valence-corrected chi connectivity index (χ0v) is 14.3. The lowest BCUT2D eigenvalue weighted by Gasteiger charge is -2.33. The Hall–Kier alpha value is -2.70. The summed E-state index contributed by atoms with van der Waals surface area (Å²) in [6.45, 7) is 3.55. The van der Waals surface area contributed by atoms with Crippen molar-refractivity contribution in [2.45, 2.75) is 38.6 Å². The number of hydrogen-bond acceptors (Lipinski definition) is 5. The molecule has 4 rings (SSSR count). The van der Waals surface area contributed by atoms with Crippen LogP contribution in [0.25, 0.3) is 11.1 Å². The Bertz CT molecular complexity index is 871. The molecule has 0 aromatic carbocycles. The number of likely N-dealkylation sites (tertiary alicyclic amines) is 1. The maximum atomic E-state index is 13.0. The van der Waals surface area contributed by atoms with Crippen LogP contribution >= 0.6 is 0 Å². The van der Waals surface area contributed by atoms with E-state index in [1.165, 1.54) is 0 Å². The van der Waals surface area contributed by atoms with Gasteiger partial charge in [0.15, 0.2) is 0 Å². The molecule has 0 bridgehead atoms. The lowest BCUT2D eigenvalue weighted by molar-refractivity contribution is 0.0679. The van der Waals surface area contributed by atoms with E-state index in [0.717, 1.165) is 43.3 Å². The number of fused-ring (bicyclic) bond motifs is 1. The topological polar surface area (TPSA) is 77.0 Å². The molecule has 0 unspecified atom stereocenters. The summed E-state index contributed by atoms with van der Waals surface area (Å²) in [6.07, 6.45) is 11.0. The van der Waals surface area contributed by atoms with E-state index in [-0.39, 0.29) is 11.9 Å². The molecule has 1 aliphatic heterocycles. The number of amides is 1. The van der Waals surface area contributed by atoms with Crippen molar-refractivity contribution in [1.29, 1.82) is 0 Å². The summed E-state index contributed by atoms with van der Waals surface area (Å²) in [5.41, 5.74) is 1.96. The minimum Gasteiger partial charge on any atom is -0.337 e. The fraction of sp³-hybridized carbons (Fsp3) is 0.444. The van der Waals surface area contributed by atoms with Gasteiger partial charge in [-0.05, 0) is 25.3 Å². The highest BCUT2D eigenvalue weighted by atomic mass is 16.5. The Labute approximate surface area is 145 Å². The molecule has 7 nitrogen and oxygen atoms in total. The van der Waals surface area contributed by atoms with Gasteiger partial charge in [-0.3, -0.25) is 4.79 Å². The molecule has 1 fully saturated rings. The number of carbonyl (C=O) groups excluding carboxylic acids is 1. The van der Waals surface area contributed by atoms with E-state index < -0.39 is 0 Å². The van der Waals surface area contributed by atoms with Crippen LogP contribution in [0.4, 0.5) is 0 Å². The first-order valence-electron chi connectivity index (χ1n) is 8.77.